The topological polar surface area (TPSA) is 63.1 Å². The summed E-state index contributed by atoms with van der Waals surface area (Å²) < 4.78 is 15.8. The highest BCUT2D eigenvalue weighted by Gasteiger charge is 2.27. The van der Waals surface area contributed by atoms with Crippen molar-refractivity contribution in [1.29, 1.82) is 0 Å². The van der Waals surface area contributed by atoms with Gasteiger partial charge in [0, 0.05) is 42.5 Å². The number of carbonyl (C=O) groups excluding carboxylic acids is 1. The van der Waals surface area contributed by atoms with E-state index >= 15 is 0 Å². The molecule has 0 unspecified atom stereocenters. The van der Waals surface area contributed by atoms with Crippen molar-refractivity contribution in [3.8, 4) is 5.13 Å². The van der Waals surface area contributed by atoms with Crippen molar-refractivity contribution in [2.24, 2.45) is 5.92 Å². The van der Waals surface area contributed by atoms with Crippen molar-refractivity contribution in [1.82, 2.24) is 20.1 Å². The molecular weight excluding hydrogens is 389 g/mol. The van der Waals surface area contributed by atoms with Crippen LogP contribution in [0.15, 0.2) is 36.4 Å². The Labute approximate surface area is 173 Å². The molecule has 1 saturated heterocycles. The Morgan fingerprint density at radius 3 is 2.45 bits per heavy atom. The minimum Gasteiger partial charge on any atom is -0.352 e. The first-order valence-electron chi connectivity index (χ1n) is 9.78. The lowest BCUT2D eigenvalue weighted by atomic mass is 9.96. The summed E-state index contributed by atoms with van der Waals surface area (Å²) in [5.74, 6) is -0.355. The molecule has 0 saturated carbocycles. The van der Waals surface area contributed by atoms with Gasteiger partial charge in [0.1, 0.15) is 5.82 Å². The molecular formula is C21H24FN5OS. The molecule has 1 aliphatic rings. The van der Waals surface area contributed by atoms with Crippen LogP contribution in [0, 0.1) is 25.6 Å². The average molecular weight is 414 g/mol. The van der Waals surface area contributed by atoms with E-state index in [2.05, 4.69) is 51.0 Å². The summed E-state index contributed by atoms with van der Waals surface area (Å²) in [7, 11) is 0. The van der Waals surface area contributed by atoms with Crippen molar-refractivity contribution in [2.45, 2.75) is 33.2 Å². The zero-order valence-electron chi connectivity index (χ0n) is 16.6. The van der Waals surface area contributed by atoms with Gasteiger partial charge in [-0.1, -0.05) is 29.5 Å². The second-order valence-corrected chi connectivity index (χ2v) is 8.32. The lowest BCUT2D eigenvalue weighted by molar-refractivity contribution is -0.125. The highest BCUT2D eigenvalue weighted by Crippen LogP contribution is 2.29. The summed E-state index contributed by atoms with van der Waals surface area (Å²) in [6.45, 7) is 5.85. The molecule has 8 heteroatoms. The van der Waals surface area contributed by atoms with Gasteiger partial charge < -0.3 is 10.2 Å². The molecule has 1 aromatic carbocycles. The second kappa shape index (κ2) is 8.32. The number of halogens is 1. The molecule has 152 valence electrons. The van der Waals surface area contributed by atoms with E-state index in [1.165, 1.54) is 6.07 Å². The predicted molar refractivity (Wildman–Crippen MR) is 112 cm³/mol. The number of benzene rings is 1. The SMILES string of the molecule is Cc1ccc(C)n1-c1nnc(N2CCC(C(=O)NCc3ccccc3F)CC2)s1. The third kappa shape index (κ3) is 4.17. The standard InChI is InChI=1S/C21H24FN5OS/c1-14-7-8-15(2)27(14)21-25-24-20(29-21)26-11-9-16(10-12-26)19(28)23-13-17-5-3-4-6-18(17)22/h3-8,16H,9-13H2,1-2H3,(H,23,28). The zero-order chi connectivity index (χ0) is 20.4. The lowest BCUT2D eigenvalue weighted by Crippen LogP contribution is -2.40. The zero-order valence-corrected chi connectivity index (χ0v) is 17.4. The highest BCUT2D eigenvalue weighted by atomic mass is 32.1. The Bertz CT molecular complexity index is 987. The van der Waals surface area contributed by atoms with Crippen LogP contribution in [0.3, 0.4) is 0 Å². The molecule has 3 heterocycles. The van der Waals surface area contributed by atoms with Crippen LogP contribution in [-0.4, -0.2) is 33.8 Å². The largest absolute Gasteiger partial charge is 0.352 e. The Balaban J connectivity index is 1.33. The molecule has 0 bridgehead atoms. The first-order chi connectivity index (χ1) is 14.0. The molecule has 0 aliphatic carbocycles. The van der Waals surface area contributed by atoms with Gasteiger partial charge in [0.15, 0.2) is 0 Å². The average Bonchev–Trinajstić information content (AvgIpc) is 3.33. The van der Waals surface area contributed by atoms with Gasteiger partial charge in [0.2, 0.25) is 16.2 Å². The monoisotopic (exact) mass is 413 g/mol. The summed E-state index contributed by atoms with van der Waals surface area (Å²) in [5.41, 5.74) is 2.78. The number of aromatic nitrogens is 3. The molecule has 6 nitrogen and oxygen atoms in total. The molecule has 3 aromatic rings. The van der Waals surface area contributed by atoms with Gasteiger partial charge in [-0.15, -0.1) is 10.2 Å². The van der Waals surface area contributed by atoms with Crippen LogP contribution in [0.1, 0.15) is 29.8 Å². The molecule has 0 atom stereocenters. The van der Waals surface area contributed by atoms with E-state index < -0.39 is 0 Å². The number of aryl methyl sites for hydroxylation is 2. The molecule has 1 amide bonds. The van der Waals surface area contributed by atoms with Crippen LogP contribution in [-0.2, 0) is 11.3 Å². The number of amides is 1. The number of rotatable bonds is 5. The predicted octanol–water partition coefficient (Wildman–Crippen LogP) is 3.62. The molecule has 29 heavy (non-hydrogen) atoms. The van der Waals surface area contributed by atoms with Gasteiger partial charge in [-0.3, -0.25) is 9.36 Å². The number of hydrogen-bond acceptors (Lipinski definition) is 5. The van der Waals surface area contributed by atoms with Gasteiger partial charge in [0.05, 0.1) is 0 Å². The third-order valence-electron chi connectivity index (χ3n) is 5.41. The van der Waals surface area contributed by atoms with Crippen LogP contribution < -0.4 is 10.2 Å². The maximum absolute atomic E-state index is 13.7. The van der Waals surface area contributed by atoms with Gasteiger partial charge in [-0.25, -0.2) is 4.39 Å². The van der Waals surface area contributed by atoms with E-state index in [1.54, 1.807) is 29.5 Å². The van der Waals surface area contributed by atoms with Crippen molar-refractivity contribution in [3.63, 3.8) is 0 Å². The Morgan fingerprint density at radius 1 is 1.10 bits per heavy atom. The van der Waals surface area contributed by atoms with Crippen molar-refractivity contribution in [3.05, 3.63) is 59.2 Å². The van der Waals surface area contributed by atoms with Crippen LogP contribution in [0.4, 0.5) is 9.52 Å². The number of anilines is 1. The van der Waals surface area contributed by atoms with E-state index in [4.69, 9.17) is 0 Å². The quantitative estimate of drug-likeness (QED) is 0.694. The van der Waals surface area contributed by atoms with Gasteiger partial charge in [0.25, 0.3) is 0 Å². The second-order valence-electron chi connectivity index (χ2n) is 7.39. The van der Waals surface area contributed by atoms with Crippen molar-refractivity contribution < 1.29 is 9.18 Å². The summed E-state index contributed by atoms with van der Waals surface area (Å²) in [6, 6.07) is 10.7. The number of piperidine rings is 1. The van der Waals surface area contributed by atoms with Crippen molar-refractivity contribution in [2.75, 3.05) is 18.0 Å². The Kier molecular flexibility index (Phi) is 5.62. The number of hydrogen-bond donors (Lipinski definition) is 1. The van der Waals surface area contributed by atoms with Gasteiger partial charge >= 0.3 is 0 Å². The van der Waals surface area contributed by atoms with E-state index in [9.17, 15) is 9.18 Å². The molecule has 0 spiro atoms. The Morgan fingerprint density at radius 2 is 1.76 bits per heavy atom. The van der Waals surface area contributed by atoms with E-state index in [0.29, 0.717) is 5.56 Å². The molecule has 0 radical (unpaired) electrons. The van der Waals surface area contributed by atoms with E-state index in [0.717, 1.165) is 47.6 Å². The van der Waals surface area contributed by atoms with E-state index in [1.807, 2.05) is 0 Å². The fourth-order valence-electron chi connectivity index (χ4n) is 3.70. The molecule has 4 rings (SSSR count). The summed E-state index contributed by atoms with van der Waals surface area (Å²) in [5, 5.41) is 13.3. The smallest absolute Gasteiger partial charge is 0.223 e. The lowest BCUT2D eigenvalue weighted by Gasteiger charge is -2.30. The highest BCUT2D eigenvalue weighted by molar-refractivity contribution is 7.17. The summed E-state index contributed by atoms with van der Waals surface area (Å²) >= 11 is 1.57. The first kappa shape index (κ1) is 19.6. The molecule has 2 aromatic heterocycles. The van der Waals surface area contributed by atoms with Crippen LogP contribution in [0.2, 0.25) is 0 Å². The number of nitrogens with one attached hydrogen (secondary N) is 1. The minimum absolute atomic E-state index is 0.00977. The summed E-state index contributed by atoms with van der Waals surface area (Å²) in [6.07, 6.45) is 1.50. The van der Waals surface area contributed by atoms with Crippen molar-refractivity contribution >= 4 is 22.4 Å². The Hall–Kier alpha value is -2.74. The molecule has 1 aliphatic heterocycles. The van der Waals surface area contributed by atoms with Gasteiger partial charge in [-0.05, 0) is 44.9 Å². The minimum atomic E-state index is -0.289. The fraction of sp³-hybridized carbons (Fsp3) is 0.381. The normalized spacial score (nSPS) is 14.9. The van der Waals surface area contributed by atoms with E-state index in [-0.39, 0.29) is 24.2 Å². The maximum atomic E-state index is 13.7. The van der Waals surface area contributed by atoms with Gasteiger partial charge in [-0.2, -0.15) is 0 Å². The van der Waals surface area contributed by atoms with Crippen LogP contribution in [0.25, 0.3) is 5.13 Å². The molecule has 1 N–H and O–H groups in total. The first-order valence-corrected chi connectivity index (χ1v) is 10.6. The van der Waals surface area contributed by atoms with Crippen LogP contribution in [0.5, 0.6) is 0 Å². The van der Waals surface area contributed by atoms with Crippen LogP contribution >= 0.6 is 11.3 Å². The maximum Gasteiger partial charge on any atom is 0.223 e. The number of carbonyl (C=O) groups is 1. The number of nitrogens with zero attached hydrogens (tertiary/aromatic N) is 4. The third-order valence-corrected chi connectivity index (χ3v) is 6.38. The summed E-state index contributed by atoms with van der Waals surface area (Å²) in [4.78, 5) is 14.7. The fourth-order valence-corrected chi connectivity index (χ4v) is 4.72. The molecule has 1 fully saturated rings.